The Morgan fingerprint density at radius 3 is 2.66 bits per heavy atom. The van der Waals surface area contributed by atoms with Crippen LogP contribution in [-0.2, 0) is 23.4 Å². The van der Waals surface area contributed by atoms with Crippen molar-refractivity contribution in [1.29, 1.82) is 0 Å². The number of nitrogens with two attached hydrogens (primary N) is 2. The SMILES string of the molecule is [2H]C([2H])(O[P@@](=O)(C[C@@H](C)C(=O)OC(C)C)Oc1ccccc1)[C@H]1O[C@@H](n2ncc(N)nc2=O)C(N)(C#CC)[C@H]1O. The number of nitrogens with zero attached hydrogens (tertiary/aromatic N) is 3. The van der Waals surface area contributed by atoms with E-state index in [1.54, 1.807) is 32.0 Å². The molecule has 2 aromatic rings. The van der Waals surface area contributed by atoms with Gasteiger partial charge >= 0.3 is 19.3 Å². The first-order valence-electron chi connectivity index (χ1n) is 12.6. The molecule has 1 aromatic heterocycles. The number of anilines is 1. The van der Waals surface area contributed by atoms with Crippen LogP contribution in [0.2, 0.25) is 0 Å². The summed E-state index contributed by atoms with van der Waals surface area (Å²) in [5.74, 6) is 3.22. The monoisotopic (exact) mass is 551 g/mol. The minimum Gasteiger partial charge on any atom is -0.463 e. The number of aliphatic hydroxyl groups excluding tert-OH is 1. The van der Waals surface area contributed by atoms with Crippen molar-refractivity contribution in [3.05, 3.63) is 47.0 Å². The van der Waals surface area contributed by atoms with Crippen LogP contribution < -0.4 is 21.7 Å². The minimum atomic E-state index is -4.52. The van der Waals surface area contributed by atoms with E-state index in [0.717, 1.165) is 6.20 Å². The number of aliphatic hydroxyl groups is 1. The van der Waals surface area contributed by atoms with E-state index in [1.807, 2.05) is 0 Å². The number of hydrogen-bond acceptors (Lipinski definition) is 12. The molecule has 0 amide bonds. The molecular formula is C24H32N5O8P. The Bertz CT molecular complexity index is 1380. The summed E-state index contributed by atoms with van der Waals surface area (Å²) in [6.45, 7) is 3.06. The summed E-state index contributed by atoms with van der Waals surface area (Å²) in [6.07, 6.45) is -5.53. The van der Waals surface area contributed by atoms with Crippen molar-refractivity contribution < 1.29 is 35.7 Å². The maximum atomic E-state index is 14.0. The van der Waals surface area contributed by atoms with Crippen molar-refractivity contribution in [3.8, 4) is 17.6 Å². The second kappa shape index (κ2) is 12.1. The maximum Gasteiger partial charge on any atom is 0.380 e. The number of ether oxygens (including phenoxy) is 2. The van der Waals surface area contributed by atoms with Gasteiger partial charge in [-0.25, -0.2) is 9.36 Å². The van der Waals surface area contributed by atoms with E-state index in [-0.39, 0.29) is 11.6 Å². The summed E-state index contributed by atoms with van der Waals surface area (Å²) in [5, 5.41) is 15.0. The summed E-state index contributed by atoms with van der Waals surface area (Å²) in [7, 11) is -4.52. The third-order valence-electron chi connectivity index (χ3n) is 5.31. The molecule has 38 heavy (non-hydrogen) atoms. The lowest BCUT2D eigenvalue weighted by molar-refractivity contribution is -0.151. The molecule has 3 rings (SSSR count). The van der Waals surface area contributed by atoms with E-state index in [2.05, 4.69) is 21.9 Å². The van der Waals surface area contributed by atoms with Crippen LogP contribution in [0.3, 0.4) is 0 Å². The topological polar surface area (TPSA) is 191 Å². The third kappa shape index (κ3) is 6.78. The molecule has 0 bridgehead atoms. The molecule has 1 aromatic carbocycles. The highest BCUT2D eigenvalue weighted by molar-refractivity contribution is 7.54. The lowest BCUT2D eigenvalue weighted by Gasteiger charge is -2.27. The molecule has 1 fully saturated rings. The van der Waals surface area contributed by atoms with Crippen LogP contribution in [0.1, 0.15) is 36.7 Å². The molecule has 0 aliphatic carbocycles. The number of nitrogen functional groups attached to an aromatic ring is 1. The molecule has 6 atom stereocenters. The van der Waals surface area contributed by atoms with Gasteiger partial charge in [-0.3, -0.25) is 9.32 Å². The third-order valence-corrected chi connectivity index (χ3v) is 7.17. The van der Waals surface area contributed by atoms with Gasteiger partial charge in [0.15, 0.2) is 11.8 Å². The number of rotatable bonds is 10. The van der Waals surface area contributed by atoms with Gasteiger partial charge in [0.05, 0.1) is 33.7 Å². The number of hydrogen-bond donors (Lipinski definition) is 3. The Labute approximate surface area is 222 Å². The molecule has 206 valence electrons. The number of carbonyl (C=O) groups excluding carboxylic acids is 1. The quantitative estimate of drug-likeness (QED) is 0.217. The number of carbonyl (C=O) groups is 1. The standard InChI is InChI=1S/C24H32N5O8P/c1-5-11-24(26)20(30)18(36-22(24)29-23(32)28-19(25)12-27-29)13-34-38(33,37-17-9-7-6-8-10-17)14-16(4)21(31)35-15(2)3/h6-10,12,15-16,18,20,22,30H,13-14,26H2,1-4H3,(H2,25,28,32)/t16-,18-,20+,22-,24?,38+/m1/s1/i13D2. The fourth-order valence-corrected chi connectivity index (χ4v) is 5.29. The van der Waals surface area contributed by atoms with E-state index >= 15 is 0 Å². The first-order valence-corrected chi connectivity index (χ1v) is 13.4. The van der Waals surface area contributed by atoms with Gasteiger partial charge in [0.25, 0.3) is 0 Å². The van der Waals surface area contributed by atoms with E-state index in [1.165, 1.54) is 26.0 Å². The number of esters is 1. The Hall–Kier alpha value is -3.27. The largest absolute Gasteiger partial charge is 0.463 e. The van der Waals surface area contributed by atoms with Crippen LogP contribution in [0, 0.1) is 17.8 Å². The molecule has 1 saturated heterocycles. The Kier molecular flexibility index (Phi) is 8.36. The van der Waals surface area contributed by atoms with Crippen LogP contribution in [0.4, 0.5) is 5.82 Å². The molecule has 0 radical (unpaired) electrons. The van der Waals surface area contributed by atoms with Crippen molar-refractivity contribution in [3.63, 3.8) is 0 Å². The van der Waals surface area contributed by atoms with Crippen molar-refractivity contribution in [2.24, 2.45) is 11.7 Å². The molecule has 1 aliphatic heterocycles. The molecule has 2 heterocycles. The van der Waals surface area contributed by atoms with Gasteiger partial charge in [0.1, 0.15) is 23.8 Å². The Morgan fingerprint density at radius 2 is 2.05 bits per heavy atom. The Morgan fingerprint density at radius 1 is 1.37 bits per heavy atom. The van der Waals surface area contributed by atoms with Gasteiger partial charge < -0.3 is 30.6 Å². The zero-order valence-electron chi connectivity index (χ0n) is 23.3. The lowest BCUT2D eigenvalue weighted by Crippen LogP contribution is -2.55. The number of para-hydroxylation sites is 1. The molecule has 0 spiro atoms. The molecule has 14 heteroatoms. The first-order chi connectivity index (χ1) is 18.6. The first kappa shape index (κ1) is 26.3. The molecule has 5 N–H and O–H groups in total. The smallest absolute Gasteiger partial charge is 0.380 e. The van der Waals surface area contributed by atoms with E-state index in [9.17, 15) is 19.3 Å². The fraction of sp³-hybridized carbons (Fsp3) is 0.500. The van der Waals surface area contributed by atoms with Crippen LogP contribution >= 0.6 is 7.60 Å². The van der Waals surface area contributed by atoms with E-state index in [4.69, 9.17) is 32.7 Å². The summed E-state index contributed by atoms with van der Waals surface area (Å²) in [4.78, 5) is 28.5. The normalized spacial score (nSPS) is 26.3. The summed E-state index contributed by atoms with van der Waals surface area (Å²) >= 11 is 0. The average Bonchev–Trinajstić information content (AvgIpc) is 3.10. The van der Waals surface area contributed by atoms with E-state index in [0.29, 0.717) is 4.68 Å². The van der Waals surface area contributed by atoms with E-state index < -0.39 is 68.0 Å². The van der Waals surface area contributed by atoms with Crippen LogP contribution in [0.15, 0.2) is 41.3 Å². The van der Waals surface area contributed by atoms with Gasteiger partial charge in [0, 0.05) is 0 Å². The van der Waals surface area contributed by atoms with Gasteiger partial charge in [-0.1, -0.05) is 31.0 Å². The van der Waals surface area contributed by atoms with Crippen molar-refractivity contribution in [2.45, 2.75) is 57.8 Å². The Balaban J connectivity index is 1.99. The highest BCUT2D eigenvalue weighted by Crippen LogP contribution is 2.51. The van der Waals surface area contributed by atoms with Crippen LogP contribution in [-0.4, -0.2) is 62.4 Å². The fourth-order valence-electron chi connectivity index (χ4n) is 3.57. The van der Waals surface area contributed by atoms with Gasteiger partial charge in [-0.05, 0) is 32.9 Å². The average molecular weight is 552 g/mol. The maximum absolute atomic E-state index is 14.0. The van der Waals surface area contributed by atoms with Crippen molar-refractivity contribution in [2.75, 3.05) is 18.5 Å². The molecular weight excluding hydrogens is 517 g/mol. The van der Waals surface area contributed by atoms with Crippen LogP contribution in [0.5, 0.6) is 5.75 Å². The lowest BCUT2D eigenvalue weighted by atomic mass is 9.92. The second-order valence-corrected chi connectivity index (χ2v) is 10.8. The van der Waals surface area contributed by atoms with Crippen LogP contribution in [0.25, 0.3) is 0 Å². The molecule has 1 aliphatic rings. The zero-order chi connectivity index (χ0) is 29.9. The zero-order valence-corrected chi connectivity index (χ0v) is 22.2. The predicted octanol–water partition coefficient (Wildman–Crippen LogP) is 1.08. The predicted molar refractivity (Wildman–Crippen MR) is 137 cm³/mol. The minimum absolute atomic E-state index is 0.0746. The van der Waals surface area contributed by atoms with Crippen molar-refractivity contribution in [1.82, 2.24) is 14.8 Å². The van der Waals surface area contributed by atoms with Gasteiger partial charge in [-0.15, -0.1) is 5.92 Å². The highest BCUT2D eigenvalue weighted by Gasteiger charge is 2.55. The summed E-state index contributed by atoms with van der Waals surface area (Å²) in [5.41, 5.74) is 8.77. The highest BCUT2D eigenvalue weighted by atomic mass is 31.2. The second-order valence-electron chi connectivity index (χ2n) is 8.86. The summed E-state index contributed by atoms with van der Waals surface area (Å²) < 4.78 is 53.8. The number of aromatic nitrogens is 3. The summed E-state index contributed by atoms with van der Waals surface area (Å²) in [6, 6.07) is 7.80. The van der Waals surface area contributed by atoms with Crippen molar-refractivity contribution >= 4 is 19.4 Å². The molecule has 1 unspecified atom stereocenters. The van der Waals surface area contributed by atoms with Gasteiger partial charge in [-0.2, -0.15) is 14.8 Å². The van der Waals surface area contributed by atoms with Gasteiger partial charge in [0.2, 0.25) is 0 Å². The molecule has 13 nitrogen and oxygen atoms in total. The molecule has 0 saturated carbocycles. The number of benzene rings is 1.